The second-order valence-corrected chi connectivity index (χ2v) is 3.15. The SMILES string of the molecule is CC.CNC(=O)c1cc(OC)c(CBr)cn1. The number of methoxy groups -OCH3 is 1. The van der Waals surface area contributed by atoms with Crippen LogP contribution in [0.15, 0.2) is 12.3 Å². The Bertz CT molecular complexity index is 343. The van der Waals surface area contributed by atoms with E-state index in [1.165, 1.54) is 0 Å². The molecule has 1 aromatic rings. The van der Waals surface area contributed by atoms with Gasteiger partial charge in [-0.25, -0.2) is 0 Å². The molecule has 0 fully saturated rings. The first kappa shape index (κ1) is 14.9. The third-order valence-electron chi connectivity index (χ3n) is 1.77. The molecule has 1 N–H and O–H groups in total. The van der Waals surface area contributed by atoms with Crippen LogP contribution in [-0.2, 0) is 5.33 Å². The molecule has 16 heavy (non-hydrogen) atoms. The molecule has 0 saturated carbocycles. The van der Waals surface area contributed by atoms with E-state index in [1.54, 1.807) is 26.4 Å². The Morgan fingerprint density at radius 1 is 1.56 bits per heavy atom. The van der Waals surface area contributed by atoms with Gasteiger partial charge in [0.25, 0.3) is 5.91 Å². The molecule has 0 radical (unpaired) electrons. The highest BCUT2D eigenvalue weighted by Crippen LogP contribution is 2.20. The lowest BCUT2D eigenvalue weighted by molar-refractivity contribution is 0.0958. The van der Waals surface area contributed by atoms with Crippen LogP contribution in [0.5, 0.6) is 5.75 Å². The first-order valence-electron chi connectivity index (χ1n) is 5.04. The molecule has 0 aliphatic rings. The summed E-state index contributed by atoms with van der Waals surface area (Å²) in [5.41, 5.74) is 1.27. The van der Waals surface area contributed by atoms with Gasteiger partial charge in [0.15, 0.2) is 0 Å². The lowest BCUT2D eigenvalue weighted by Crippen LogP contribution is -2.19. The topological polar surface area (TPSA) is 51.2 Å². The fraction of sp³-hybridized carbons (Fsp3) is 0.455. The molecule has 0 spiro atoms. The molecule has 1 heterocycles. The highest BCUT2D eigenvalue weighted by atomic mass is 79.9. The van der Waals surface area contributed by atoms with E-state index in [4.69, 9.17) is 4.74 Å². The number of pyridine rings is 1. The zero-order valence-corrected chi connectivity index (χ0v) is 11.6. The van der Waals surface area contributed by atoms with Gasteiger partial charge in [0, 0.05) is 30.2 Å². The maximum absolute atomic E-state index is 11.2. The molecule has 0 unspecified atom stereocenters. The van der Waals surface area contributed by atoms with E-state index in [0.717, 1.165) is 5.56 Å². The van der Waals surface area contributed by atoms with E-state index in [2.05, 4.69) is 26.2 Å². The summed E-state index contributed by atoms with van der Waals surface area (Å²) in [6, 6.07) is 1.62. The summed E-state index contributed by atoms with van der Waals surface area (Å²) >= 11 is 3.31. The Labute approximate surface area is 105 Å². The van der Waals surface area contributed by atoms with Crippen molar-refractivity contribution in [3.8, 4) is 5.75 Å². The summed E-state index contributed by atoms with van der Waals surface area (Å²) < 4.78 is 5.12. The molecule has 0 atom stereocenters. The summed E-state index contributed by atoms with van der Waals surface area (Å²) in [6.07, 6.45) is 1.62. The molecule has 4 nitrogen and oxygen atoms in total. The summed E-state index contributed by atoms with van der Waals surface area (Å²) in [5.74, 6) is 0.444. The van der Waals surface area contributed by atoms with Crippen molar-refractivity contribution in [2.24, 2.45) is 0 Å². The molecule has 90 valence electrons. The number of carbonyl (C=O) groups excluding carboxylic acids is 1. The molecule has 1 rings (SSSR count). The fourth-order valence-electron chi connectivity index (χ4n) is 1.01. The minimum Gasteiger partial charge on any atom is -0.496 e. The van der Waals surface area contributed by atoms with E-state index in [1.807, 2.05) is 13.8 Å². The van der Waals surface area contributed by atoms with Gasteiger partial charge in [0.05, 0.1) is 7.11 Å². The molecule has 0 aromatic carbocycles. The van der Waals surface area contributed by atoms with Crippen molar-refractivity contribution >= 4 is 21.8 Å². The normalized spacial score (nSPS) is 8.81. The minimum absolute atomic E-state index is 0.218. The van der Waals surface area contributed by atoms with Crippen LogP contribution in [0, 0.1) is 0 Å². The number of nitrogens with one attached hydrogen (secondary N) is 1. The smallest absolute Gasteiger partial charge is 0.269 e. The third-order valence-corrected chi connectivity index (χ3v) is 2.37. The van der Waals surface area contributed by atoms with Crippen LogP contribution >= 0.6 is 15.9 Å². The van der Waals surface area contributed by atoms with Crippen LogP contribution in [0.2, 0.25) is 0 Å². The van der Waals surface area contributed by atoms with Gasteiger partial charge in [-0.05, 0) is 0 Å². The number of nitrogens with zero attached hydrogens (tertiary/aromatic N) is 1. The third kappa shape index (κ3) is 3.81. The van der Waals surface area contributed by atoms with E-state index in [0.29, 0.717) is 16.8 Å². The van der Waals surface area contributed by atoms with Gasteiger partial charge in [0.1, 0.15) is 11.4 Å². The number of amides is 1. The molecule has 5 heteroatoms. The highest BCUT2D eigenvalue weighted by Gasteiger charge is 2.09. The van der Waals surface area contributed by atoms with Crippen molar-refractivity contribution in [2.75, 3.05) is 14.2 Å². The van der Waals surface area contributed by atoms with Crippen molar-refractivity contribution in [3.05, 3.63) is 23.5 Å². The first-order valence-corrected chi connectivity index (χ1v) is 6.16. The highest BCUT2D eigenvalue weighted by molar-refractivity contribution is 9.08. The van der Waals surface area contributed by atoms with Gasteiger partial charge in [-0.2, -0.15) is 0 Å². The molecular weight excluding hydrogens is 272 g/mol. The average molecular weight is 289 g/mol. The number of alkyl halides is 1. The Morgan fingerprint density at radius 3 is 2.62 bits per heavy atom. The molecule has 0 aliphatic heterocycles. The Kier molecular flexibility index (Phi) is 7.54. The summed E-state index contributed by atoms with van der Waals surface area (Å²) in [7, 11) is 3.13. The number of rotatable bonds is 3. The molecule has 1 aromatic heterocycles. The van der Waals surface area contributed by atoms with Crippen LogP contribution in [-0.4, -0.2) is 25.0 Å². The van der Waals surface area contributed by atoms with Gasteiger partial charge < -0.3 is 10.1 Å². The van der Waals surface area contributed by atoms with E-state index in [9.17, 15) is 4.79 Å². The van der Waals surface area contributed by atoms with Crippen molar-refractivity contribution in [1.82, 2.24) is 10.3 Å². The largest absolute Gasteiger partial charge is 0.496 e. The molecule has 1 amide bonds. The summed E-state index contributed by atoms with van der Waals surface area (Å²) in [5, 5.41) is 3.15. The first-order chi connectivity index (χ1) is 7.72. The van der Waals surface area contributed by atoms with Crippen LogP contribution in [0.4, 0.5) is 0 Å². The standard InChI is InChI=1S/C9H11BrN2O2.C2H6/c1-11-9(13)7-3-8(14-2)6(4-10)5-12-7;1-2/h3,5H,4H2,1-2H3,(H,11,13);1-2H3. The van der Waals surface area contributed by atoms with Gasteiger partial charge in [-0.15, -0.1) is 0 Å². The number of carbonyl (C=O) groups is 1. The number of ether oxygens (including phenoxy) is 1. The zero-order valence-electron chi connectivity index (χ0n) is 10.0. The number of halogens is 1. The van der Waals surface area contributed by atoms with Crippen molar-refractivity contribution in [2.45, 2.75) is 19.2 Å². The Balaban J connectivity index is 0.00000106. The maximum atomic E-state index is 11.2. The van der Waals surface area contributed by atoms with Gasteiger partial charge in [-0.1, -0.05) is 29.8 Å². The second kappa shape index (κ2) is 8.10. The Hall–Kier alpha value is -1.10. The quantitative estimate of drug-likeness (QED) is 0.869. The van der Waals surface area contributed by atoms with Gasteiger partial charge >= 0.3 is 0 Å². The van der Waals surface area contributed by atoms with Gasteiger partial charge in [-0.3, -0.25) is 9.78 Å². The Morgan fingerprint density at radius 2 is 2.19 bits per heavy atom. The van der Waals surface area contributed by atoms with Crippen molar-refractivity contribution in [1.29, 1.82) is 0 Å². The lowest BCUT2D eigenvalue weighted by Gasteiger charge is -2.06. The minimum atomic E-state index is -0.218. The molecular formula is C11H17BrN2O2. The zero-order chi connectivity index (χ0) is 12.6. The van der Waals surface area contributed by atoms with Crippen molar-refractivity contribution in [3.63, 3.8) is 0 Å². The van der Waals surface area contributed by atoms with E-state index >= 15 is 0 Å². The monoisotopic (exact) mass is 288 g/mol. The van der Waals surface area contributed by atoms with E-state index in [-0.39, 0.29) is 5.91 Å². The molecule has 0 bridgehead atoms. The number of hydrogen-bond donors (Lipinski definition) is 1. The van der Waals surface area contributed by atoms with Crippen LogP contribution in [0.25, 0.3) is 0 Å². The van der Waals surface area contributed by atoms with Crippen molar-refractivity contribution < 1.29 is 9.53 Å². The van der Waals surface area contributed by atoms with E-state index < -0.39 is 0 Å². The van der Waals surface area contributed by atoms with Crippen LogP contribution < -0.4 is 10.1 Å². The van der Waals surface area contributed by atoms with Gasteiger partial charge in [0.2, 0.25) is 0 Å². The molecule has 0 saturated heterocycles. The summed E-state index contributed by atoms with van der Waals surface area (Å²) in [6.45, 7) is 4.00. The molecule has 0 aliphatic carbocycles. The fourth-order valence-corrected chi connectivity index (χ4v) is 1.43. The number of hydrogen-bond acceptors (Lipinski definition) is 3. The average Bonchev–Trinajstić information content (AvgIpc) is 2.39. The van der Waals surface area contributed by atoms with Crippen LogP contribution in [0.3, 0.4) is 0 Å². The predicted octanol–water partition coefficient (Wildman–Crippen LogP) is 2.37. The lowest BCUT2D eigenvalue weighted by atomic mass is 10.2. The second-order valence-electron chi connectivity index (χ2n) is 2.59. The van der Waals surface area contributed by atoms with Crippen LogP contribution in [0.1, 0.15) is 29.9 Å². The predicted molar refractivity (Wildman–Crippen MR) is 68.2 cm³/mol. The number of aromatic nitrogens is 1. The maximum Gasteiger partial charge on any atom is 0.269 e. The summed E-state index contributed by atoms with van der Waals surface area (Å²) in [4.78, 5) is 15.2.